The first-order valence-corrected chi connectivity index (χ1v) is 5.81. The minimum absolute atomic E-state index is 0.00134. The van der Waals surface area contributed by atoms with Crippen molar-refractivity contribution in [2.75, 3.05) is 11.9 Å². The summed E-state index contributed by atoms with van der Waals surface area (Å²) < 4.78 is 1.79. The van der Waals surface area contributed by atoms with E-state index in [1.807, 2.05) is 18.3 Å². The normalized spacial score (nSPS) is 12.0. The van der Waals surface area contributed by atoms with Crippen molar-refractivity contribution >= 4 is 11.5 Å². The molecule has 17 heavy (non-hydrogen) atoms. The fourth-order valence-corrected chi connectivity index (χ4v) is 1.65. The van der Waals surface area contributed by atoms with Crippen molar-refractivity contribution in [3.63, 3.8) is 0 Å². The molecule has 2 aromatic rings. The smallest absolute Gasteiger partial charge is 0.153 e. The molecule has 0 spiro atoms. The summed E-state index contributed by atoms with van der Waals surface area (Å²) in [6.07, 6.45) is 2.71. The molecule has 3 N–H and O–H groups in total. The summed E-state index contributed by atoms with van der Waals surface area (Å²) in [7, 11) is 0. The second kappa shape index (κ2) is 4.33. The zero-order valence-corrected chi connectivity index (χ0v) is 10.6. The maximum absolute atomic E-state index is 5.51. The third-order valence-electron chi connectivity index (χ3n) is 2.27. The van der Waals surface area contributed by atoms with Crippen LogP contribution in [0, 0.1) is 0 Å². The molecule has 92 valence electrons. The molecule has 0 saturated carbocycles. The average molecular weight is 233 g/mol. The monoisotopic (exact) mass is 233 g/mol. The van der Waals surface area contributed by atoms with Gasteiger partial charge in [-0.15, -0.1) is 5.10 Å². The zero-order chi connectivity index (χ0) is 12.5. The maximum atomic E-state index is 5.51. The Bertz CT molecular complexity index is 509. The van der Waals surface area contributed by atoms with Crippen LogP contribution in [-0.2, 0) is 6.42 Å². The van der Waals surface area contributed by atoms with Crippen LogP contribution in [-0.4, -0.2) is 26.7 Å². The van der Waals surface area contributed by atoms with Gasteiger partial charge in [0.25, 0.3) is 0 Å². The van der Waals surface area contributed by atoms with E-state index in [1.54, 1.807) is 4.52 Å². The molecule has 0 amide bonds. The van der Waals surface area contributed by atoms with Crippen molar-refractivity contribution < 1.29 is 0 Å². The highest BCUT2D eigenvalue weighted by molar-refractivity contribution is 5.46. The van der Waals surface area contributed by atoms with E-state index in [1.165, 1.54) is 0 Å². The minimum atomic E-state index is 0.00134. The van der Waals surface area contributed by atoms with Crippen molar-refractivity contribution in [3.05, 3.63) is 24.0 Å². The number of anilines is 1. The molecule has 0 aliphatic heterocycles. The van der Waals surface area contributed by atoms with E-state index in [0.29, 0.717) is 6.54 Å². The summed E-state index contributed by atoms with van der Waals surface area (Å²) in [4.78, 5) is 4.43. The fraction of sp³-hybridized carbons (Fsp3) is 0.500. The zero-order valence-electron chi connectivity index (χ0n) is 10.6. The number of hydrogen-bond donors (Lipinski definition) is 2. The molecule has 0 radical (unpaired) electrons. The van der Waals surface area contributed by atoms with Gasteiger partial charge < -0.3 is 11.1 Å². The molecular formula is C12H19N5. The highest BCUT2D eigenvalue weighted by atomic mass is 15.3. The largest absolute Gasteiger partial charge is 0.364 e. The third-order valence-corrected chi connectivity index (χ3v) is 2.27. The summed E-state index contributed by atoms with van der Waals surface area (Å²) in [6, 6.07) is 3.90. The van der Waals surface area contributed by atoms with Gasteiger partial charge in [0.15, 0.2) is 5.65 Å². The molecule has 0 fully saturated rings. The van der Waals surface area contributed by atoms with Crippen molar-refractivity contribution in [1.82, 2.24) is 14.6 Å². The predicted octanol–water partition coefficient (Wildman–Crippen LogP) is 1.44. The molecule has 2 heterocycles. The van der Waals surface area contributed by atoms with Crippen LogP contribution in [0.15, 0.2) is 18.3 Å². The molecule has 0 aliphatic rings. The first-order chi connectivity index (χ1) is 7.98. The lowest BCUT2D eigenvalue weighted by Gasteiger charge is -2.20. The summed E-state index contributed by atoms with van der Waals surface area (Å²) in [5.41, 5.74) is 7.35. The highest BCUT2D eigenvalue weighted by Crippen LogP contribution is 2.13. The molecule has 0 aromatic carbocycles. The Morgan fingerprint density at radius 2 is 2.12 bits per heavy atom. The summed E-state index contributed by atoms with van der Waals surface area (Å²) >= 11 is 0. The summed E-state index contributed by atoms with van der Waals surface area (Å²) in [6.45, 7) is 6.92. The van der Waals surface area contributed by atoms with Gasteiger partial charge in [0.2, 0.25) is 0 Å². The van der Waals surface area contributed by atoms with Gasteiger partial charge in [-0.05, 0) is 39.4 Å². The van der Waals surface area contributed by atoms with E-state index in [9.17, 15) is 0 Å². The van der Waals surface area contributed by atoms with Crippen LogP contribution >= 0.6 is 0 Å². The standard InChI is InChI=1S/C12H19N5/c1-12(2,3)15-10-4-5-11-14-9(6-7-13)8-17(11)16-10/h4-5,8H,6-7,13H2,1-3H3,(H,15,16). The van der Waals surface area contributed by atoms with Crippen LogP contribution in [0.1, 0.15) is 26.5 Å². The molecule has 0 saturated heterocycles. The number of rotatable bonds is 3. The third kappa shape index (κ3) is 2.94. The summed E-state index contributed by atoms with van der Waals surface area (Å²) in [5, 5.41) is 7.80. The van der Waals surface area contributed by atoms with Gasteiger partial charge in [-0.3, -0.25) is 0 Å². The molecule has 0 bridgehead atoms. The topological polar surface area (TPSA) is 68.2 Å². The number of aromatic nitrogens is 3. The number of nitrogens with zero attached hydrogens (tertiary/aromatic N) is 3. The van der Waals surface area contributed by atoms with Crippen LogP contribution in [0.4, 0.5) is 5.82 Å². The van der Waals surface area contributed by atoms with Gasteiger partial charge in [-0.2, -0.15) is 0 Å². The number of nitrogens with one attached hydrogen (secondary N) is 1. The quantitative estimate of drug-likeness (QED) is 0.841. The molecule has 5 heteroatoms. The first kappa shape index (κ1) is 11.9. The van der Waals surface area contributed by atoms with Gasteiger partial charge in [-0.25, -0.2) is 9.50 Å². The van der Waals surface area contributed by atoms with Gasteiger partial charge in [0, 0.05) is 12.0 Å². The van der Waals surface area contributed by atoms with Gasteiger partial charge in [0.1, 0.15) is 5.82 Å². The van der Waals surface area contributed by atoms with Crippen molar-refractivity contribution in [3.8, 4) is 0 Å². The Labute approximate surface area is 101 Å². The second-order valence-corrected chi connectivity index (χ2v) is 5.17. The lowest BCUT2D eigenvalue weighted by atomic mass is 10.1. The number of fused-ring (bicyclic) bond motifs is 1. The molecular weight excluding hydrogens is 214 g/mol. The lowest BCUT2D eigenvalue weighted by Crippen LogP contribution is -2.26. The maximum Gasteiger partial charge on any atom is 0.153 e. The molecule has 0 unspecified atom stereocenters. The van der Waals surface area contributed by atoms with Crippen LogP contribution in [0.2, 0.25) is 0 Å². The van der Waals surface area contributed by atoms with Crippen LogP contribution in [0.25, 0.3) is 5.65 Å². The highest BCUT2D eigenvalue weighted by Gasteiger charge is 2.11. The van der Waals surface area contributed by atoms with Crippen molar-refractivity contribution in [2.24, 2.45) is 5.73 Å². The Morgan fingerprint density at radius 1 is 1.35 bits per heavy atom. The van der Waals surface area contributed by atoms with E-state index < -0.39 is 0 Å². The van der Waals surface area contributed by atoms with E-state index in [4.69, 9.17) is 5.73 Å². The van der Waals surface area contributed by atoms with E-state index in [-0.39, 0.29) is 5.54 Å². The first-order valence-electron chi connectivity index (χ1n) is 5.81. The number of hydrogen-bond acceptors (Lipinski definition) is 4. The van der Waals surface area contributed by atoms with E-state index in [2.05, 4.69) is 36.2 Å². The fourth-order valence-electron chi connectivity index (χ4n) is 1.65. The van der Waals surface area contributed by atoms with Crippen LogP contribution in [0.3, 0.4) is 0 Å². The summed E-state index contributed by atoms with van der Waals surface area (Å²) in [5.74, 6) is 0.849. The van der Waals surface area contributed by atoms with Gasteiger partial charge >= 0.3 is 0 Å². The van der Waals surface area contributed by atoms with Crippen LogP contribution < -0.4 is 11.1 Å². The second-order valence-electron chi connectivity index (χ2n) is 5.17. The van der Waals surface area contributed by atoms with E-state index in [0.717, 1.165) is 23.6 Å². The predicted molar refractivity (Wildman–Crippen MR) is 69.1 cm³/mol. The Morgan fingerprint density at radius 3 is 2.76 bits per heavy atom. The van der Waals surface area contributed by atoms with Crippen molar-refractivity contribution in [1.29, 1.82) is 0 Å². The molecule has 5 nitrogen and oxygen atoms in total. The van der Waals surface area contributed by atoms with Gasteiger partial charge in [0.05, 0.1) is 11.9 Å². The Hall–Kier alpha value is -1.62. The minimum Gasteiger partial charge on any atom is -0.364 e. The molecule has 2 rings (SSSR count). The Kier molecular flexibility index (Phi) is 3.02. The average Bonchev–Trinajstić information content (AvgIpc) is 2.57. The lowest BCUT2D eigenvalue weighted by molar-refractivity contribution is 0.627. The SMILES string of the molecule is CC(C)(C)Nc1ccc2nc(CCN)cn2n1. The van der Waals surface area contributed by atoms with Crippen molar-refractivity contribution in [2.45, 2.75) is 32.7 Å². The van der Waals surface area contributed by atoms with Crippen LogP contribution in [0.5, 0.6) is 0 Å². The molecule has 2 aromatic heterocycles. The molecule has 0 aliphatic carbocycles. The Balaban J connectivity index is 2.30. The number of nitrogens with two attached hydrogens (primary N) is 1. The van der Waals surface area contributed by atoms with E-state index >= 15 is 0 Å². The number of imidazole rings is 1. The van der Waals surface area contributed by atoms with Gasteiger partial charge in [-0.1, -0.05) is 0 Å². The molecule has 0 atom stereocenters.